The van der Waals surface area contributed by atoms with Crippen LogP contribution in [0.25, 0.3) is 22.8 Å². The average molecular weight is 742 g/mol. The van der Waals surface area contributed by atoms with Crippen molar-refractivity contribution in [3.8, 4) is 5.75 Å². The van der Waals surface area contributed by atoms with E-state index in [1.54, 1.807) is 35.0 Å². The van der Waals surface area contributed by atoms with E-state index in [0.29, 0.717) is 47.7 Å². The lowest BCUT2D eigenvalue weighted by Crippen LogP contribution is -2.49. The number of nitrogens with one attached hydrogen (secondary N) is 2. The summed E-state index contributed by atoms with van der Waals surface area (Å²) in [6.45, 7) is 3.71. The molecule has 2 N–H and O–H groups in total. The molecular formula is C41H45N10O4+. The number of imide groups is 1. The molecule has 14 heteroatoms. The molecule has 14 nitrogen and oxygen atoms in total. The van der Waals surface area contributed by atoms with Gasteiger partial charge in [0.15, 0.2) is 17.7 Å². The van der Waals surface area contributed by atoms with Gasteiger partial charge in [-0.05, 0) is 93.8 Å². The molecule has 4 aliphatic rings. The topological polar surface area (TPSA) is 141 Å². The van der Waals surface area contributed by atoms with Gasteiger partial charge in [-0.1, -0.05) is 10.8 Å². The van der Waals surface area contributed by atoms with Gasteiger partial charge in [0.25, 0.3) is 5.91 Å². The van der Waals surface area contributed by atoms with Crippen LogP contribution in [0.3, 0.4) is 0 Å². The molecule has 55 heavy (non-hydrogen) atoms. The number of piperidine rings is 1. The highest BCUT2D eigenvalue weighted by Gasteiger charge is 2.29. The number of anilines is 2. The number of benzene rings is 2. The molecule has 0 unspecified atom stereocenters. The number of rotatable bonds is 9. The fourth-order valence-electron chi connectivity index (χ4n) is 8.74. The van der Waals surface area contributed by atoms with E-state index >= 15 is 0 Å². The second kappa shape index (κ2) is 14.7. The zero-order valence-electron chi connectivity index (χ0n) is 30.9. The first-order valence-corrected chi connectivity index (χ1v) is 19.4. The molecule has 3 aliphatic heterocycles. The lowest BCUT2D eigenvalue weighted by Gasteiger charge is -2.34. The normalized spacial score (nSPS) is 21.4. The van der Waals surface area contributed by atoms with Gasteiger partial charge in [0.05, 0.1) is 35.3 Å². The molecule has 6 heterocycles. The number of urea groups is 1. The summed E-state index contributed by atoms with van der Waals surface area (Å²) in [4.78, 5) is 46.2. The number of aromatic nitrogens is 4. The van der Waals surface area contributed by atoms with Crippen molar-refractivity contribution in [1.82, 2.24) is 29.4 Å². The molecule has 1 saturated carbocycles. The molecule has 4 amide bonds. The first-order chi connectivity index (χ1) is 26.9. The van der Waals surface area contributed by atoms with Crippen molar-refractivity contribution in [3.05, 3.63) is 83.3 Å². The smallest absolute Gasteiger partial charge is 0.328 e. The van der Waals surface area contributed by atoms with E-state index in [1.165, 1.54) is 19.3 Å². The number of carbonyl (C=O) groups excluding carboxylic acids is 3. The van der Waals surface area contributed by atoms with Crippen LogP contribution in [-0.2, 0) is 4.79 Å². The summed E-state index contributed by atoms with van der Waals surface area (Å²) in [5.74, 6) is 1.61. The minimum absolute atomic E-state index is 0.217. The molecule has 9 rings (SSSR count). The highest BCUT2D eigenvalue weighted by Crippen LogP contribution is 2.35. The van der Waals surface area contributed by atoms with Crippen LogP contribution in [0, 0.1) is 11.8 Å². The zero-order valence-corrected chi connectivity index (χ0v) is 30.9. The van der Waals surface area contributed by atoms with Crippen LogP contribution in [0.5, 0.6) is 5.75 Å². The van der Waals surface area contributed by atoms with Crippen molar-refractivity contribution >= 4 is 58.3 Å². The summed E-state index contributed by atoms with van der Waals surface area (Å²) in [6, 6.07) is 15.6. The van der Waals surface area contributed by atoms with Crippen molar-refractivity contribution < 1.29 is 23.8 Å². The van der Waals surface area contributed by atoms with E-state index in [4.69, 9.17) is 9.84 Å². The number of carbonyl (C=O) groups is 3. The van der Waals surface area contributed by atoms with Gasteiger partial charge in [-0.2, -0.15) is 9.61 Å². The van der Waals surface area contributed by atoms with Crippen molar-refractivity contribution in [2.24, 2.45) is 16.9 Å². The summed E-state index contributed by atoms with van der Waals surface area (Å²) < 4.78 is 11.5. The van der Waals surface area contributed by atoms with Gasteiger partial charge in [0, 0.05) is 67.0 Å². The summed E-state index contributed by atoms with van der Waals surface area (Å²) in [5.41, 5.74) is 3.07. The molecule has 3 aromatic heterocycles. The van der Waals surface area contributed by atoms with Gasteiger partial charge < -0.3 is 19.5 Å². The Morgan fingerprint density at radius 2 is 1.89 bits per heavy atom. The number of hydrogen-bond donors (Lipinski definition) is 2. The van der Waals surface area contributed by atoms with Crippen LogP contribution in [0.15, 0.2) is 72.2 Å². The summed E-state index contributed by atoms with van der Waals surface area (Å²) in [5, 5.41) is 17.2. The lowest BCUT2D eigenvalue weighted by atomic mass is 9.81. The van der Waals surface area contributed by atoms with Crippen LogP contribution in [0.2, 0.25) is 0 Å². The van der Waals surface area contributed by atoms with Crippen molar-refractivity contribution in [2.45, 2.75) is 57.4 Å². The minimum Gasteiger partial charge on any atom is -0.496 e. The number of ether oxygens (including phenoxy) is 1. The fraction of sp³-hybridized carbons (Fsp3) is 0.390. The molecule has 2 saturated heterocycles. The van der Waals surface area contributed by atoms with E-state index < -0.39 is 0 Å². The molecular weight excluding hydrogens is 697 g/mol. The van der Waals surface area contributed by atoms with Crippen LogP contribution in [-0.4, -0.2) is 86.1 Å². The van der Waals surface area contributed by atoms with Gasteiger partial charge in [0.2, 0.25) is 12.1 Å². The van der Waals surface area contributed by atoms with Gasteiger partial charge in [0.1, 0.15) is 11.1 Å². The molecule has 282 valence electrons. The van der Waals surface area contributed by atoms with E-state index in [2.05, 4.69) is 54.7 Å². The summed E-state index contributed by atoms with van der Waals surface area (Å²) >= 11 is 0. The highest BCUT2D eigenvalue weighted by molar-refractivity contribution is 6.09. The average Bonchev–Trinajstić information content (AvgIpc) is 3.94. The summed E-state index contributed by atoms with van der Waals surface area (Å²) in [7, 11) is 1.56. The number of amides is 4. The number of hydrogen-bond acceptors (Lipinski definition) is 8. The number of fused-ring (bicyclic) bond motifs is 3. The Balaban J connectivity index is 0.766. The molecule has 3 fully saturated rings. The third kappa shape index (κ3) is 6.97. The zero-order chi connectivity index (χ0) is 37.5. The molecule has 2 aromatic carbocycles. The Bertz CT molecular complexity index is 2450. The molecule has 0 spiro atoms. The Kier molecular flexibility index (Phi) is 9.34. The standard InChI is InChI=1S/C41H44N10O4/c1-55-36-23-33-29(22-32(36)40(53)44-38-24-42-37-6-3-16-43-51(37)38)26-48(46-33)25-28-9-7-27(8-10-28)11-17-47-18-12-30(13-19-47)49-20-14-31-34(49)4-2-5-35(31)50-21-15-39(52)45-41(50)54/h2-6,14,16,20,22-28,30H,7-13,15,17-19,21H2,1H3,(H-,43,44,45,52,53,54)/p+1/b48-25-. The quantitative estimate of drug-likeness (QED) is 0.215. The maximum atomic E-state index is 13.3. The molecule has 0 bridgehead atoms. The largest absolute Gasteiger partial charge is 0.496 e. The molecule has 0 radical (unpaired) electrons. The second-order valence-corrected chi connectivity index (χ2v) is 15.1. The Hall–Kier alpha value is -5.89. The van der Waals surface area contributed by atoms with Crippen LogP contribution < -0.4 is 30.8 Å². The van der Waals surface area contributed by atoms with E-state index in [1.807, 2.05) is 41.2 Å². The Morgan fingerprint density at radius 1 is 1.04 bits per heavy atom. The van der Waals surface area contributed by atoms with Crippen LogP contribution in [0.4, 0.5) is 16.3 Å². The van der Waals surface area contributed by atoms with Crippen molar-refractivity contribution in [2.75, 3.05) is 43.5 Å². The Labute approximate surface area is 317 Å². The van der Waals surface area contributed by atoms with E-state index in [-0.39, 0.29) is 17.8 Å². The molecule has 5 aromatic rings. The van der Waals surface area contributed by atoms with E-state index in [9.17, 15) is 14.4 Å². The first-order valence-electron chi connectivity index (χ1n) is 19.4. The fourth-order valence-corrected chi connectivity index (χ4v) is 8.74. The predicted octanol–water partition coefficient (Wildman–Crippen LogP) is 4.29. The maximum absolute atomic E-state index is 13.3. The third-order valence-corrected chi connectivity index (χ3v) is 11.8. The van der Waals surface area contributed by atoms with Gasteiger partial charge >= 0.3 is 6.03 Å². The first kappa shape index (κ1) is 34.9. The number of nitrogens with zero attached hydrogens (tertiary/aromatic N) is 8. The molecule has 0 atom stereocenters. The predicted molar refractivity (Wildman–Crippen MR) is 208 cm³/mol. The second-order valence-electron chi connectivity index (χ2n) is 15.1. The minimum atomic E-state index is -0.345. The Morgan fingerprint density at radius 3 is 2.71 bits per heavy atom. The number of likely N-dealkylation sites (tertiary alicyclic amines) is 1. The summed E-state index contributed by atoms with van der Waals surface area (Å²) in [6.07, 6.45) is 18.1. The third-order valence-electron chi connectivity index (χ3n) is 11.8. The SMILES string of the molecule is COc1cc2c(cc1C(=O)Nc1cnc3cccnn13)=C/[N+](=C/C1CCC(CCN3CCC(n4ccc5c(N6CCC(=O)NC6=O)cccc54)CC3)CC1)N=2. The number of imidazole rings is 1. The lowest BCUT2D eigenvalue weighted by molar-refractivity contribution is -0.424. The van der Waals surface area contributed by atoms with Crippen molar-refractivity contribution in [3.63, 3.8) is 0 Å². The van der Waals surface area contributed by atoms with E-state index in [0.717, 1.165) is 78.4 Å². The van der Waals surface area contributed by atoms with Crippen LogP contribution in [0.1, 0.15) is 67.8 Å². The monoisotopic (exact) mass is 741 g/mol. The highest BCUT2D eigenvalue weighted by atomic mass is 16.5. The van der Waals surface area contributed by atoms with Gasteiger partial charge in [-0.3, -0.25) is 19.8 Å². The van der Waals surface area contributed by atoms with Gasteiger partial charge in [-0.25, -0.2) is 9.78 Å². The maximum Gasteiger partial charge on any atom is 0.328 e. The number of methoxy groups -OCH3 is 1. The van der Waals surface area contributed by atoms with Crippen molar-refractivity contribution in [1.29, 1.82) is 0 Å². The van der Waals surface area contributed by atoms with Gasteiger partial charge in [-0.15, -0.1) is 0 Å². The molecule has 1 aliphatic carbocycles. The van der Waals surface area contributed by atoms with Crippen LogP contribution >= 0.6 is 0 Å².